The lowest BCUT2D eigenvalue weighted by Gasteiger charge is -2.30. The highest BCUT2D eigenvalue weighted by atomic mass is 32.2. The van der Waals surface area contributed by atoms with Crippen molar-refractivity contribution in [2.24, 2.45) is 0 Å². The molecule has 63 heavy (non-hydrogen) atoms. The second kappa shape index (κ2) is 22.6. The van der Waals surface area contributed by atoms with Crippen molar-refractivity contribution in [1.29, 1.82) is 0 Å². The molecule has 3 amide bonds. The summed E-state index contributed by atoms with van der Waals surface area (Å²) in [7, 11) is 0. The fourth-order valence-electron chi connectivity index (χ4n) is 7.22. The van der Waals surface area contributed by atoms with E-state index in [0.717, 1.165) is 62.2 Å². The first-order valence-electron chi connectivity index (χ1n) is 21.4. The molecular weight excluding hydrogens is 832 g/mol. The highest BCUT2D eigenvalue weighted by molar-refractivity contribution is 7.99. The number of rotatable bonds is 21. The molecular formula is C48H60F3N5O6S. The summed E-state index contributed by atoms with van der Waals surface area (Å²) >= 11 is 1.75. The number of aliphatic hydroxyl groups is 2. The summed E-state index contributed by atoms with van der Waals surface area (Å²) in [4.78, 5) is 48.2. The normalized spacial score (nSPS) is 13.4. The number of alkyl halides is 3. The number of pyridine rings is 1. The van der Waals surface area contributed by atoms with Crippen molar-refractivity contribution in [3.8, 4) is 11.3 Å². The number of anilines is 2. The number of aromatic nitrogens is 1. The molecule has 0 spiro atoms. The molecule has 340 valence electrons. The molecule has 0 radical (unpaired) electrons. The van der Waals surface area contributed by atoms with Gasteiger partial charge in [0.15, 0.2) is 0 Å². The van der Waals surface area contributed by atoms with Gasteiger partial charge >= 0.3 is 6.18 Å². The minimum absolute atomic E-state index is 0.0985. The molecule has 0 unspecified atom stereocenters. The van der Waals surface area contributed by atoms with Crippen LogP contribution >= 0.6 is 11.8 Å². The first-order valence-corrected chi connectivity index (χ1v) is 22.4. The lowest BCUT2D eigenvalue weighted by atomic mass is 10.0. The Morgan fingerprint density at radius 3 is 2.24 bits per heavy atom. The van der Waals surface area contributed by atoms with Gasteiger partial charge in [0.2, 0.25) is 5.91 Å². The third kappa shape index (κ3) is 15.1. The highest BCUT2D eigenvalue weighted by Crippen LogP contribution is 2.35. The Kier molecular flexibility index (Phi) is 17.6. The molecule has 1 fully saturated rings. The smallest absolute Gasteiger partial charge is 0.395 e. The van der Waals surface area contributed by atoms with Gasteiger partial charge in [0.25, 0.3) is 11.8 Å². The van der Waals surface area contributed by atoms with Crippen LogP contribution in [-0.4, -0.2) is 94.2 Å². The maximum absolute atomic E-state index is 13.9. The third-order valence-electron chi connectivity index (χ3n) is 11.0. The molecule has 0 atom stereocenters. The Morgan fingerprint density at radius 2 is 1.52 bits per heavy atom. The number of nitrogens with one attached hydrogen (secondary N) is 2. The lowest BCUT2D eigenvalue weighted by Crippen LogP contribution is -2.37. The van der Waals surface area contributed by atoms with Gasteiger partial charge in [-0.2, -0.15) is 24.9 Å². The van der Waals surface area contributed by atoms with E-state index >= 15 is 0 Å². The molecule has 0 aliphatic carbocycles. The predicted molar refractivity (Wildman–Crippen MR) is 243 cm³/mol. The molecule has 15 heteroatoms. The molecule has 0 saturated carbocycles. The van der Waals surface area contributed by atoms with Crippen LogP contribution in [0.25, 0.3) is 11.3 Å². The zero-order chi connectivity index (χ0) is 45.6. The van der Waals surface area contributed by atoms with Crippen LogP contribution in [0, 0.1) is 0 Å². The van der Waals surface area contributed by atoms with E-state index in [1.807, 2.05) is 50.2 Å². The number of ether oxygens (including phenoxy) is 1. The first kappa shape index (κ1) is 49.1. The van der Waals surface area contributed by atoms with Gasteiger partial charge in [-0.25, -0.2) is 0 Å². The van der Waals surface area contributed by atoms with Crippen molar-refractivity contribution in [2.45, 2.75) is 95.0 Å². The quantitative estimate of drug-likeness (QED) is 0.0646. The molecule has 1 saturated heterocycles. The average Bonchev–Trinajstić information content (AvgIpc) is 3.27. The second-order valence-electron chi connectivity index (χ2n) is 17.0. The Balaban J connectivity index is 1.23. The van der Waals surface area contributed by atoms with Crippen molar-refractivity contribution in [3.05, 3.63) is 113 Å². The summed E-state index contributed by atoms with van der Waals surface area (Å²) in [5, 5.41) is 24.3. The van der Waals surface area contributed by atoms with Gasteiger partial charge in [-0.15, -0.1) is 0 Å². The lowest BCUT2D eigenvalue weighted by molar-refractivity contribution is -0.137. The van der Waals surface area contributed by atoms with Gasteiger partial charge in [-0.3, -0.25) is 19.4 Å². The van der Waals surface area contributed by atoms with E-state index in [-0.39, 0.29) is 61.4 Å². The van der Waals surface area contributed by atoms with E-state index in [1.54, 1.807) is 23.9 Å². The highest BCUT2D eigenvalue weighted by Gasteiger charge is 2.30. The number of amides is 3. The summed E-state index contributed by atoms with van der Waals surface area (Å²) in [6.45, 7) is 10.4. The number of halogens is 3. The minimum Gasteiger partial charge on any atom is -0.395 e. The summed E-state index contributed by atoms with van der Waals surface area (Å²) in [6.07, 6.45) is 1.79. The molecule has 1 aliphatic heterocycles. The van der Waals surface area contributed by atoms with Crippen LogP contribution in [0.15, 0.2) is 85.1 Å². The number of carbonyl (C=O) groups is 3. The molecule has 4 aromatic rings. The monoisotopic (exact) mass is 891 g/mol. The molecule has 1 aliphatic rings. The SMILES string of the molecule is CC(C)(CCC(=O)N(CCO)CCO)OCCC(C)(C)SCc1cccc(C(=O)Nc2ccc(N3CCCCC3)cc2-c2cc(C(=O)NCc3cccc(C(F)(F)F)c3)ccn2)c1. The summed E-state index contributed by atoms with van der Waals surface area (Å²) in [5.74, 6) is -0.266. The topological polar surface area (TPSA) is 144 Å². The molecule has 1 aromatic heterocycles. The van der Waals surface area contributed by atoms with Crippen molar-refractivity contribution < 1.29 is 42.5 Å². The van der Waals surface area contributed by atoms with Crippen LogP contribution in [0.4, 0.5) is 24.5 Å². The number of benzene rings is 3. The van der Waals surface area contributed by atoms with E-state index < -0.39 is 23.2 Å². The fourth-order valence-corrected chi connectivity index (χ4v) is 8.19. The number of nitrogens with zero attached hydrogens (tertiary/aromatic N) is 3. The van der Waals surface area contributed by atoms with Crippen LogP contribution in [0.1, 0.15) is 104 Å². The van der Waals surface area contributed by atoms with Crippen LogP contribution in [-0.2, 0) is 28.0 Å². The standard InChI is InChI=1S/C48H60F3N5O6S/c1-46(2,18-16-43(59)56(23-25-57)24-26-58)62-27-19-47(3,4)63-33-35-11-8-12-36(28-35)45(61)54-41-15-14-39(55-21-6-5-7-22-55)31-40(41)42-30-37(17-20-52-42)44(60)53-32-34-10-9-13-38(29-34)48(49,50)51/h8-15,17,20,28-31,57-58H,5-7,16,18-19,21-27,32-33H2,1-4H3,(H,53,60)(H,54,61). The second-order valence-corrected chi connectivity index (χ2v) is 18.7. The van der Waals surface area contributed by atoms with Gasteiger partial charge in [-0.1, -0.05) is 38.1 Å². The summed E-state index contributed by atoms with van der Waals surface area (Å²) < 4.78 is 45.9. The van der Waals surface area contributed by atoms with Gasteiger partial charge in [0, 0.05) is 84.8 Å². The number of piperidine rings is 1. The molecule has 2 heterocycles. The Morgan fingerprint density at radius 1 is 0.825 bits per heavy atom. The van der Waals surface area contributed by atoms with Gasteiger partial charge in [0.1, 0.15) is 0 Å². The number of hydrogen-bond acceptors (Lipinski definition) is 9. The Labute approximate surface area is 372 Å². The van der Waals surface area contributed by atoms with E-state index in [1.165, 1.54) is 29.3 Å². The van der Waals surface area contributed by atoms with Crippen LogP contribution in [0.5, 0.6) is 0 Å². The molecule has 5 rings (SSSR count). The van der Waals surface area contributed by atoms with Gasteiger partial charge < -0.3 is 35.4 Å². The average molecular weight is 892 g/mol. The zero-order valence-corrected chi connectivity index (χ0v) is 37.4. The fraction of sp³-hybridized carbons (Fsp3) is 0.458. The van der Waals surface area contributed by atoms with E-state index in [0.29, 0.717) is 46.9 Å². The third-order valence-corrected chi connectivity index (χ3v) is 12.5. The molecule has 11 nitrogen and oxygen atoms in total. The maximum Gasteiger partial charge on any atom is 0.416 e. The number of thioether (sulfide) groups is 1. The first-order chi connectivity index (χ1) is 30.0. The largest absolute Gasteiger partial charge is 0.416 e. The number of carbonyl (C=O) groups excluding carboxylic acids is 3. The summed E-state index contributed by atoms with van der Waals surface area (Å²) in [5.41, 5.74) is 3.25. The minimum atomic E-state index is -4.49. The van der Waals surface area contributed by atoms with Gasteiger partial charge in [-0.05, 0) is 112 Å². The zero-order valence-electron chi connectivity index (χ0n) is 36.6. The molecule has 3 aromatic carbocycles. The molecule has 0 bridgehead atoms. The van der Waals surface area contributed by atoms with Gasteiger partial charge in [0.05, 0.1) is 35.8 Å². The van der Waals surface area contributed by atoms with Crippen molar-refractivity contribution in [1.82, 2.24) is 15.2 Å². The molecule has 4 N–H and O–H groups in total. The van der Waals surface area contributed by atoms with Crippen molar-refractivity contribution in [2.75, 3.05) is 56.2 Å². The Bertz CT molecular complexity index is 2150. The van der Waals surface area contributed by atoms with E-state index in [2.05, 4.69) is 34.4 Å². The van der Waals surface area contributed by atoms with Crippen molar-refractivity contribution in [3.63, 3.8) is 0 Å². The Hall–Kier alpha value is -4.96. The van der Waals surface area contributed by atoms with Crippen LogP contribution < -0.4 is 15.5 Å². The predicted octanol–water partition coefficient (Wildman–Crippen LogP) is 8.73. The number of hydrogen-bond donors (Lipinski definition) is 4. The van der Waals surface area contributed by atoms with E-state index in [4.69, 9.17) is 4.74 Å². The van der Waals surface area contributed by atoms with Crippen LogP contribution in [0.2, 0.25) is 0 Å². The van der Waals surface area contributed by atoms with Crippen LogP contribution in [0.3, 0.4) is 0 Å². The summed E-state index contributed by atoms with van der Waals surface area (Å²) in [6, 6.07) is 21.3. The van der Waals surface area contributed by atoms with E-state index in [9.17, 15) is 37.8 Å². The van der Waals surface area contributed by atoms with Crippen molar-refractivity contribution >= 4 is 40.9 Å². The number of aliphatic hydroxyl groups excluding tert-OH is 2. The maximum atomic E-state index is 13.9.